The molecule has 6 nitrogen and oxygen atoms in total. The maximum absolute atomic E-state index is 12.4. The van der Waals surface area contributed by atoms with Gasteiger partial charge in [-0.05, 0) is 44.8 Å². The fourth-order valence-electron chi connectivity index (χ4n) is 2.25. The van der Waals surface area contributed by atoms with E-state index in [9.17, 15) is 4.79 Å². The summed E-state index contributed by atoms with van der Waals surface area (Å²) in [4.78, 5) is 12.4. The molecule has 0 saturated carbocycles. The van der Waals surface area contributed by atoms with Crippen LogP contribution in [0.1, 0.15) is 42.5 Å². The Bertz CT molecular complexity index is 688. The number of benzene rings is 1. The number of nitrogens with one attached hydrogen (secondary N) is 1. The van der Waals surface area contributed by atoms with Crippen molar-refractivity contribution in [3.05, 3.63) is 47.3 Å². The van der Waals surface area contributed by atoms with E-state index in [0.29, 0.717) is 17.7 Å². The van der Waals surface area contributed by atoms with Crippen LogP contribution in [0.5, 0.6) is 0 Å². The Labute approximate surface area is 136 Å². The molecule has 122 valence electrons. The predicted octanol–water partition coefficient (Wildman–Crippen LogP) is 0.556. The number of hydrogen-bond acceptors (Lipinski definition) is 4. The molecule has 0 saturated heterocycles. The Morgan fingerprint density at radius 2 is 1.87 bits per heavy atom. The molecule has 0 spiro atoms. The molecular weight excluding hydrogens is 293 g/mol. The van der Waals surface area contributed by atoms with Crippen molar-refractivity contribution < 1.29 is 14.8 Å². The number of aromatic nitrogens is 2. The van der Waals surface area contributed by atoms with Crippen LogP contribution in [0.3, 0.4) is 0 Å². The van der Waals surface area contributed by atoms with Crippen LogP contribution in [-0.2, 0) is 12.1 Å². The second-order valence-corrected chi connectivity index (χ2v) is 6.55. The predicted molar refractivity (Wildman–Crippen MR) is 89.4 cm³/mol. The summed E-state index contributed by atoms with van der Waals surface area (Å²) in [5.74, 6) is -0.188. The molecule has 0 aliphatic rings. The lowest BCUT2D eigenvalue weighted by Gasteiger charge is -2.22. The molecule has 3 N–H and O–H groups in total. The van der Waals surface area contributed by atoms with E-state index in [4.69, 9.17) is 10.0 Å². The summed E-state index contributed by atoms with van der Waals surface area (Å²) in [6, 6.07) is 8.51. The van der Waals surface area contributed by atoms with Crippen LogP contribution < -0.4 is 10.8 Å². The van der Waals surface area contributed by atoms with Gasteiger partial charge in [0, 0.05) is 6.54 Å². The summed E-state index contributed by atoms with van der Waals surface area (Å²) in [5.41, 5.74) is 2.34. The SMILES string of the molecule is Cc1cc(C(=O)NCc2ccc(B(O)O)cc2)n(C(C)(C)C)n1. The number of amides is 1. The Morgan fingerprint density at radius 1 is 1.26 bits per heavy atom. The number of aryl methyl sites for hydroxylation is 1. The van der Waals surface area contributed by atoms with Crippen molar-refractivity contribution in [2.75, 3.05) is 0 Å². The standard InChI is InChI=1S/C16H22BN3O3/c1-11-9-14(20(19-11)16(2,3)4)15(21)18-10-12-5-7-13(8-6-12)17(22)23/h5-9,22-23H,10H2,1-4H3,(H,18,21). The lowest BCUT2D eigenvalue weighted by molar-refractivity contribution is 0.0932. The van der Waals surface area contributed by atoms with Gasteiger partial charge in [-0.1, -0.05) is 24.3 Å². The van der Waals surface area contributed by atoms with E-state index in [1.165, 1.54) is 0 Å². The quantitative estimate of drug-likeness (QED) is 0.719. The number of hydrogen-bond donors (Lipinski definition) is 3. The number of carbonyl (C=O) groups is 1. The maximum Gasteiger partial charge on any atom is 0.488 e. The van der Waals surface area contributed by atoms with Crippen LogP contribution in [0.25, 0.3) is 0 Å². The zero-order valence-corrected chi connectivity index (χ0v) is 13.9. The summed E-state index contributed by atoms with van der Waals surface area (Å²) >= 11 is 0. The normalized spacial score (nSPS) is 11.4. The summed E-state index contributed by atoms with van der Waals surface area (Å²) in [6.45, 7) is 8.20. The van der Waals surface area contributed by atoms with E-state index in [2.05, 4.69) is 10.4 Å². The number of rotatable bonds is 4. The van der Waals surface area contributed by atoms with Gasteiger partial charge in [0.2, 0.25) is 0 Å². The van der Waals surface area contributed by atoms with Crippen molar-refractivity contribution in [3.8, 4) is 0 Å². The van der Waals surface area contributed by atoms with Crippen molar-refractivity contribution in [1.29, 1.82) is 0 Å². The van der Waals surface area contributed by atoms with E-state index in [1.807, 2.05) is 27.7 Å². The molecule has 1 amide bonds. The van der Waals surface area contributed by atoms with Gasteiger partial charge in [-0.25, -0.2) is 0 Å². The van der Waals surface area contributed by atoms with Crippen LogP contribution >= 0.6 is 0 Å². The van der Waals surface area contributed by atoms with E-state index in [1.54, 1.807) is 35.0 Å². The van der Waals surface area contributed by atoms with Crippen LogP contribution in [0.15, 0.2) is 30.3 Å². The fraction of sp³-hybridized carbons (Fsp3) is 0.375. The van der Waals surface area contributed by atoms with Crippen molar-refractivity contribution >= 4 is 18.5 Å². The Balaban J connectivity index is 2.08. The first-order chi connectivity index (χ1) is 10.7. The van der Waals surface area contributed by atoms with Crippen molar-refractivity contribution in [1.82, 2.24) is 15.1 Å². The molecule has 0 bridgehead atoms. The second kappa shape index (κ2) is 6.56. The van der Waals surface area contributed by atoms with Gasteiger partial charge < -0.3 is 15.4 Å². The van der Waals surface area contributed by atoms with Gasteiger partial charge >= 0.3 is 7.12 Å². The van der Waals surface area contributed by atoms with E-state index >= 15 is 0 Å². The van der Waals surface area contributed by atoms with Gasteiger partial charge in [-0.2, -0.15) is 5.10 Å². The third kappa shape index (κ3) is 4.21. The maximum atomic E-state index is 12.4. The fourth-order valence-corrected chi connectivity index (χ4v) is 2.25. The molecule has 0 unspecified atom stereocenters. The molecule has 1 aromatic heterocycles. The van der Waals surface area contributed by atoms with Gasteiger partial charge in [0.1, 0.15) is 5.69 Å². The molecule has 0 aliphatic heterocycles. The molecule has 23 heavy (non-hydrogen) atoms. The highest BCUT2D eigenvalue weighted by molar-refractivity contribution is 6.58. The van der Waals surface area contributed by atoms with Gasteiger partial charge in [0.25, 0.3) is 5.91 Å². The van der Waals surface area contributed by atoms with Crippen molar-refractivity contribution in [2.45, 2.75) is 39.8 Å². The van der Waals surface area contributed by atoms with E-state index in [0.717, 1.165) is 11.3 Å². The Morgan fingerprint density at radius 3 is 2.39 bits per heavy atom. The highest BCUT2D eigenvalue weighted by Gasteiger charge is 2.22. The summed E-state index contributed by atoms with van der Waals surface area (Å²) in [7, 11) is -1.48. The largest absolute Gasteiger partial charge is 0.488 e. The van der Waals surface area contributed by atoms with Crippen molar-refractivity contribution in [3.63, 3.8) is 0 Å². The molecule has 2 rings (SSSR count). The third-order valence-electron chi connectivity index (χ3n) is 3.43. The monoisotopic (exact) mass is 315 g/mol. The van der Waals surface area contributed by atoms with E-state index in [-0.39, 0.29) is 11.4 Å². The molecule has 1 aromatic carbocycles. The lowest BCUT2D eigenvalue weighted by atomic mass is 9.80. The van der Waals surface area contributed by atoms with Crippen LogP contribution in [0.4, 0.5) is 0 Å². The number of carbonyl (C=O) groups excluding carboxylic acids is 1. The minimum absolute atomic E-state index is 0.188. The molecule has 2 aromatic rings. The molecular formula is C16H22BN3O3. The zero-order chi connectivity index (χ0) is 17.2. The first-order valence-electron chi connectivity index (χ1n) is 7.49. The van der Waals surface area contributed by atoms with Crippen LogP contribution in [0, 0.1) is 6.92 Å². The van der Waals surface area contributed by atoms with Gasteiger partial charge in [0.05, 0.1) is 11.2 Å². The third-order valence-corrected chi connectivity index (χ3v) is 3.43. The molecule has 0 atom stereocenters. The summed E-state index contributed by atoms with van der Waals surface area (Å²) < 4.78 is 1.73. The second-order valence-electron chi connectivity index (χ2n) is 6.55. The minimum atomic E-state index is -1.48. The topological polar surface area (TPSA) is 87.4 Å². The smallest absolute Gasteiger partial charge is 0.423 e. The molecule has 7 heteroatoms. The van der Waals surface area contributed by atoms with Gasteiger partial charge in [-0.15, -0.1) is 0 Å². The summed E-state index contributed by atoms with van der Waals surface area (Å²) in [5, 5.41) is 25.4. The molecule has 0 fully saturated rings. The average Bonchev–Trinajstić information content (AvgIpc) is 2.87. The molecule has 0 radical (unpaired) electrons. The molecule has 1 heterocycles. The highest BCUT2D eigenvalue weighted by atomic mass is 16.4. The lowest BCUT2D eigenvalue weighted by Crippen LogP contribution is -2.32. The van der Waals surface area contributed by atoms with Gasteiger partial charge in [0.15, 0.2) is 0 Å². The zero-order valence-electron chi connectivity index (χ0n) is 13.9. The van der Waals surface area contributed by atoms with Crippen LogP contribution in [-0.4, -0.2) is 32.9 Å². The van der Waals surface area contributed by atoms with E-state index < -0.39 is 7.12 Å². The minimum Gasteiger partial charge on any atom is -0.423 e. The Kier molecular flexibility index (Phi) is 4.92. The Hall–Kier alpha value is -2.12. The first-order valence-corrected chi connectivity index (χ1v) is 7.49. The van der Waals surface area contributed by atoms with Gasteiger partial charge in [-0.3, -0.25) is 9.48 Å². The average molecular weight is 315 g/mol. The number of nitrogens with zero attached hydrogens (tertiary/aromatic N) is 2. The highest BCUT2D eigenvalue weighted by Crippen LogP contribution is 2.17. The molecule has 0 aliphatic carbocycles. The van der Waals surface area contributed by atoms with Crippen molar-refractivity contribution in [2.24, 2.45) is 0 Å². The summed E-state index contributed by atoms with van der Waals surface area (Å²) in [6.07, 6.45) is 0. The van der Waals surface area contributed by atoms with Crippen LogP contribution in [0.2, 0.25) is 0 Å². The first kappa shape index (κ1) is 17.2.